The molecule has 0 aromatic heterocycles. The molecule has 0 aromatic rings. The number of rotatable bonds is 3. The first kappa shape index (κ1) is 10.9. The van der Waals surface area contributed by atoms with E-state index in [0.717, 1.165) is 0 Å². The van der Waals surface area contributed by atoms with Gasteiger partial charge in [0.15, 0.2) is 6.29 Å². The van der Waals surface area contributed by atoms with E-state index in [2.05, 4.69) is 0 Å². The standard InChI is InChI=1S/C8H19NO2/c1-6(9)10-7(2)11-8(3,4)5/h6-7H,9H2,1-5H3. The minimum Gasteiger partial charge on any atom is -0.347 e. The van der Waals surface area contributed by atoms with E-state index in [0.29, 0.717) is 0 Å². The quantitative estimate of drug-likeness (QED) is 0.637. The highest BCUT2D eigenvalue weighted by Crippen LogP contribution is 2.11. The lowest BCUT2D eigenvalue weighted by Gasteiger charge is -2.26. The number of hydrogen-bond donors (Lipinski definition) is 1. The number of ether oxygens (including phenoxy) is 2. The fourth-order valence-corrected chi connectivity index (χ4v) is 0.828. The molecular formula is C8H19NO2. The molecule has 0 radical (unpaired) electrons. The van der Waals surface area contributed by atoms with E-state index in [9.17, 15) is 0 Å². The molecule has 0 aromatic carbocycles. The molecule has 2 atom stereocenters. The van der Waals surface area contributed by atoms with Crippen LogP contribution in [0.4, 0.5) is 0 Å². The lowest BCUT2D eigenvalue weighted by molar-refractivity contribution is -0.201. The Kier molecular flexibility index (Phi) is 4.00. The van der Waals surface area contributed by atoms with E-state index in [1.165, 1.54) is 0 Å². The third-order valence-corrected chi connectivity index (χ3v) is 0.926. The summed E-state index contributed by atoms with van der Waals surface area (Å²) in [5.74, 6) is 0. The molecule has 0 aliphatic carbocycles. The molecule has 0 saturated carbocycles. The van der Waals surface area contributed by atoms with Crippen LogP contribution >= 0.6 is 0 Å². The first-order chi connectivity index (χ1) is 4.81. The predicted molar refractivity (Wildman–Crippen MR) is 45.0 cm³/mol. The van der Waals surface area contributed by atoms with Crippen LogP contribution in [-0.4, -0.2) is 18.1 Å². The maximum absolute atomic E-state index is 5.45. The molecule has 0 heterocycles. The summed E-state index contributed by atoms with van der Waals surface area (Å²) in [6.45, 7) is 9.56. The highest BCUT2D eigenvalue weighted by atomic mass is 16.7. The van der Waals surface area contributed by atoms with E-state index in [4.69, 9.17) is 15.2 Å². The molecule has 68 valence electrons. The van der Waals surface area contributed by atoms with Crippen LogP contribution in [0.3, 0.4) is 0 Å². The van der Waals surface area contributed by atoms with Crippen molar-refractivity contribution in [1.82, 2.24) is 0 Å². The van der Waals surface area contributed by atoms with Gasteiger partial charge in [0.2, 0.25) is 0 Å². The van der Waals surface area contributed by atoms with Crippen molar-refractivity contribution in [2.75, 3.05) is 0 Å². The van der Waals surface area contributed by atoms with E-state index in [1.807, 2.05) is 27.7 Å². The molecular weight excluding hydrogens is 142 g/mol. The fourth-order valence-electron chi connectivity index (χ4n) is 0.828. The van der Waals surface area contributed by atoms with Crippen LogP contribution in [0.1, 0.15) is 34.6 Å². The van der Waals surface area contributed by atoms with Gasteiger partial charge in [0.05, 0.1) is 5.60 Å². The van der Waals surface area contributed by atoms with Crippen LogP contribution in [0.15, 0.2) is 0 Å². The van der Waals surface area contributed by atoms with E-state index >= 15 is 0 Å². The molecule has 0 spiro atoms. The van der Waals surface area contributed by atoms with Gasteiger partial charge in [-0.25, -0.2) is 0 Å². The number of hydrogen-bond acceptors (Lipinski definition) is 3. The van der Waals surface area contributed by atoms with Crippen molar-refractivity contribution < 1.29 is 9.47 Å². The van der Waals surface area contributed by atoms with Crippen LogP contribution < -0.4 is 5.73 Å². The Morgan fingerprint density at radius 3 is 1.91 bits per heavy atom. The zero-order valence-corrected chi connectivity index (χ0v) is 8.05. The summed E-state index contributed by atoms with van der Waals surface area (Å²) in [7, 11) is 0. The van der Waals surface area contributed by atoms with Crippen LogP contribution in [0, 0.1) is 0 Å². The maximum Gasteiger partial charge on any atom is 0.157 e. The Labute approximate surface area is 68.9 Å². The van der Waals surface area contributed by atoms with Gasteiger partial charge < -0.3 is 15.2 Å². The summed E-state index contributed by atoms with van der Waals surface area (Å²) in [6, 6.07) is 0. The summed E-state index contributed by atoms with van der Waals surface area (Å²) in [5.41, 5.74) is 5.24. The second kappa shape index (κ2) is 4.04. The van der Waals surface area contributed by atoms with Gasteiger partial charge in [-0.3, -0.25) is 0 Å². The maximum atomic E-state index is 5.45. The van der Waals surface area contributed by atoms with Gasteiger partial charge in [0.25, 0.3) is 0 Å². The predicted octanol–water partition coefficient (Wildman–Crippen LogP) is 1.47. The van der Waals surface area contributed by atoms with E-state index in [1.54, 1.807) is 6.92 Å². The van der Waals surface area contributed by atoms with E-state index < -0.39 is 0 Å². The summed E-state index contributed by atoms with van der Waals surface area (Å²) in [5, 5.41) is 0. The van der Waals surface area contributed by atoms with Crippen molar-refractivity contribution in [3.05, 3.63) is 0 Å². The molecule has 3 nitrogen and oxygen atoms in total. The number of nitrogens with two attached hydrogens (primary N) is 1. The molecule has 0 aliphatic heterocycles. The monoisotopic (exact) mass is 161 g/mol. The zero-order chi connectivity index (χ0) is 9.07. The van der Waals surface area contributed by atoms with Crippen molar-refractivity contribution in [3.8, 4) is 0 Å². The fraction of sp³-hybridized carbons (Fsp3) is 1.00. The highest BCUT2D eigenvalue weighted by Gasteiger charge is 2.15. The van der Waals surface area contributed by atoms with Crippen LogP contribution in [0.5, 0.6) is 0 Å². The Balaban J connectivity index is 3.61. The molecule has 0 saturated heterocycles. The SMILES string of the molecule is CC(N)OC(C)OC(C)(C)C. The average molecular weight is 161 g/mol. The molecule has 0 rings (SSSR count). The Hall–Kier alpha value is -0.120. The largest absolute Gasteiger partial charge is 0.347 e. The van der Waals surface area contributed by atoms with Gasteiger partial charge in [-0.1, -0.05) is 0 Å². The van der Waals surface area contributed by atoms with Gasteiger partial charge >= 0.3 is 0 Å². The molecule has 0 fully saturated rings. The Morgan fingerprint density at radius 1 is 1.18 bits per heavy atom. The summed E-state index contributed by atoms with van der Waals surface area (Å²) >= 11 is 0. The first-order valence-electron chi connectivity index (χ1n) is 3.90. The molecule has 3 heteroatoms. The van der Waals surface area contributed by atoms with Gasteiger partial charge in [0.1, 0.15) is 6.23 Å². The van der Waals surface area contributed by atoms with Crippen molar-refractivity contribution in [1.29, 1.82) is 0 Å². The second-order valence-electron chi connectivity index (χ2n) is 3.64. The van der Waals surface area contributed by atoms with E-state index in [-0.39, 0.29) is 18.1 Å². The molecule has 0 aliphatic rings. The Bertz CT molecular complexity index is 107. The van der Waals surface area contributed by atoms with Gasteiger partial charge in [-0.15, -0.1) is 0 Å². The van der Waals surface area contributed by atoms with Crippen LogP contribution in [-0.2, 0) is 9.47 Å². The van der Waals surface area contributed by atoms with Crippen LogP contribution in [0.25, 0.3) is 0 Å². The lowest BCUT2D eigenvalue weighted by Crippen LogP contribution is -2.32. The topological polar surface area (TPSA) is 44.5 Å². The second-order valence-corrected chi connectivity index (χ2v) is 3.64. The normalized spacial score (nSPS) is 18.0. The smallest absolute Gasteiger partial charge is 0.157 e. The molecule has 0 bridgehead atoms. The first-order valence-corrected chi connectivity index (χ1v) is 3.90. The minimum atomic E-state index is -0.271. The zero-order valence-electron chi connectivity index (χ0n) is 8.05. The van der Waals surface area contributed by atoms with Gasteiger partial charge in [-0.05, 0) is 34.6 Å². The van der Waals surface area contributed by atoms with Gasteiger partial charge in [-0.2, -0.15) is 0 Å². The molecule has 2 unspecified atom stereocenters. The summed E-state index contributed by atoms with van der Waals surface area (Å²) in [6.07, 6.45) is -0.512. The third-order valence-electron chi connectivity index (χ3n) is 0.926. The third kappa shape index (κ3) is 7.78. The van der Waals surface area contributed by atoms with Crippen LogP contribution in [0.2, 0.25) is 0 Å². The summed E-state index contributed by atoms with van der Waals surface area (Å²) in [4.78, 5) is 0. The van der Waals surface area contributed by atoms with Crippen molar-refractivity contribution in [2.24, 2.45) is 5.73 Å². The minimum absolute atomic E-state index is 0.172. The van der Waals surface area contributed by atoms with Gasteiger partial charge in [0, 0.05) is 0 Å². The molecule has 11 heavy (non-hydrogen) atoms. The lowest BCUT2D eigenvalue weighted by atomic mass is 10.2. The van der Waals surface area contributed by atoms with Crippen molar-refractivity contribution >= 4 is 0 Å². The van der Waals surface area contributed by atoms with Crippen molar-refractivity contribution in [2.45, 2.75) is 52.7 Å². The molecule has 2 N–H and O–H groups in total. The Morgan fingerprint density at radius 2 is 1.64 bits per heavy atom. The van der Waals surface area contributed by atoms with Crippen molar-refractivity contribution in [3.63, 3.8) is 0 Å². The average Bonchev–Trinajstić information content (AvgIpc) is 1.53. The highest BCUT2D eigenvalue weighted by molar-refractivity contribution is 4.59. The summed E-state index contributed by atoms with van der Waals surface area (Å²) < 4.78 is 10.6. The molecule has 0 amide bonds.